The fourth-order valence-corrected chi connectivity index (χ4v) is 10.5. The van der Waals surface area contributed by atoms with Crippen LogP contribution in [0.1, 0.15) is 91.5 Å². The number of aliphatic carboxylic acids is 1. The minimum absolute atomic E-state index is 0.0329. The second kappa shape index (κ2) is 10.2. The molecule has 1 aromatic rings. The molecule has 1 amide bonds. The highest BCUT2D eigenvalue weighted by Gasteiger charge is 2.68. The molecular weight excluding hydrogens is 554 g/mol. The van der Waals surface area contributed by atoms with Crippen molar-refractivity contribution in [2.45, 2.75) is 97.9 Å². The number of amides is 1. The molecule has 230 valence electrons. The van der Waals surface area contributed by atoms with Gasteiger partial charge in [-0.15, -0.1) is 12.6 Å². The SMILES string of the molecule is COc1ccc(CC(=O)N[C@@]2(C(=O)O)CC[C@]3(C)CC[C@]4(C)C5=CC(S)=C6C(C)=CCC=C6[C@]5(C)CC[C@@]4(C)[C@@H]3C2)cc1. The first-order chi connectivity index (χ1) is 20.2. The van der Waals surface area contributed by atoms with Crippen LogP contribution in [0.3, 0.4) is 0 Å². The van der Waals surface area contributed by atoms with Crippen LogP contribution in [0.15, 0.2) is 69.7 Å². The van der Waals surface area contributed by atoms with Gasteiger partial charge in [0.15, 0.2) is 0 Å². The number of ether oxygens (including phenoxy) is 1. The Kier molecular flexibility index (Phi) is 7.15. The van der Waals surface area contributed by atoms with E-state index in [1.165, 1.54) is 22.3 Å². The van der Waals surface area contributed by atoms with Gasteiger partial charge < -0.3 is 15.2 Å². The number of fused-ring (bicyclic) bond motifs is 7. The molecule has 1 aromatic carbocycles. The van der Waals surface area contributed by atoms with Crippen molar-refractivity contribution in [2.24, 2.45) is 27.6 Å². The molecule has 0 aliphatic heterocycles. The average Bonchev–Trinajstić information content (AvgIpc) is 2.97. The molecule has 43 heavy (non-hydrogen) atoms. The van der Waals surface area contributed by atoms with Crippen molar-refractivity contribution < 1.29 is 19.4 Å². The summed E-state index contributed by atoms with van der Waals surface area (Å²) in [6.45, 7) is 11.9. The third kappa shape index (κ3) is 4.41. The minimum atomic E-state index is -1.27. The molecule has 0 aromatic heterocycles. The Morgan fingerprint density at radius 1 is 1.00 bits per heavy atom. The normalized spacial score (nSPS) is 38.3. The number of hydrogen-bond acceptors (Lipinski definition) is 4. The summed E-state index contributed by atoms with van der Waals surface area (Å²) in [5.41, 5.74) is 4.86. The number of rotatable bonds is 5. The van der Waals surface area contributed by atoms with Gasteiger partial charge in [-0.25, -0.2) is 4.79 Å². The van der Waals surface area contributed by atoms with E-state index >= 15 is 0 Å². The fraction of sp³-hybridized carbons (Fsp3) is 0.568. The van der Waals surface area contributed by atoms with E-state index in [-0.39, 0.29) is 39.9 Å². The number of thiol groups is 1. The summed E-state index contributed by atoms with van der Waals surface area (Å²) in [4.78, 5) is 27.6. The van der Waals surface area contributed by atoms with Gasteiger partial charge in [0.1, 0.15) is 11.3 Å². The van der Waals surface area contributed by atoms with Crippen molar-refractivity contribution in [3.05, 3.63) is 75.3 Å². The van der Waals surface area contributed by atoms with Crippen molar-refractivity contribution in [3.8, 4) is 5.75 Å². The Balaban J connectivity index is 1.35. The lowest BCUT2D eigenvalue weighted by atomic mass is 9.35. The molecule has 6 atom stereocenters. The molecule has 5 nitrogen and oxygen atoms in total. The molecule has 3 fully saturated rings. The van der Waals surface area contributed by atoms with Crippen LogP contribution < -0.4 is 10.1 Å². The number of carboxylic acid groups (broad SMARTS) is 1. The van der Waals surface area contributed by atoms with Crippen LogP contribution in [0.4, 0.5) is 0 Å². The molecule has 2 N–H and O–H groups in total. The molecule has 6 heteroatoms. The zero-order valence-corrected chi connectivity index (χ0v) is 27.5. The van der Waals surface area contributed by atoms with Gasteiger partial charge >= 0.3 is 5.97 Å². The minimum Gasteiger partial charge on any atom is -0.497 e. The summed E-state index contributed by atoms with van der Waals surface area (Å²) >= 11 is 5.06. The molecule has 0 bridgehead atoms. The lowest BCUT2D eigenvalue weighted by molar-refractivity contribution is -0.173. The van der Waals surface area contributed by atoms with E-state index in [4.69, 9.17) is 17.4 Å². The van der Waals surface area contributed by atoms with Gasteiger partial charge in [-0.05, 0) is 121 Å². The Morgan fingerprint density at radius 2 is 1.70 bits per heavy atom. The third-order valence-corrected chi connectivity index (χ3v) is 13.3. The van der Waals surface area contributed by atoms with E-state index in [1.807, 2.05) is 24.3 Å². The zero-order chi connectivity index (χ0) is 31.0. The fourth-order valence-electron chi connectivity index (χ4n) is 10.0. The highest BCUT2D eigenvalue weighted by Crippen LogP contribution is 2.75. The summed E-state index contributed by atoms with van der Waals surface area (Å²) in [5.74, 6) is -0.265. The molecule has 3 saturated carbocycles. The van der Waals surface area contributed by atoms with Gasteiger partial charge in [0.25, 0.3) is 0 Å². The first kappa shape index (κ1) is 30.3. The summed E-state index contributed by atoms with van der Waals surface area (Å²) < 4.78 is 5.25. The lowest BCUT2D eigenvalue weighted by Gasteiger charge is -2.70. The number of carbonyl (C=O) groups excluding carboxylic acids is 1. The highest BCUT2D eigenvalue weighted by atomic mass is 32.1. The molecule has 0 spiro atoms. The third-order valence-electron chi connectivity index (χ3n) is 12.9. The van der Waals surface area contributed by atoms with E-state index in [0.29, 0.717) is 12.8 Å². The second-order valence-corrected chi connectivity index (χ2v) is 15.5. The van der Waals surface area contributed by atoms with Crippen molar-refractivity contribution >= 4 is 24.5 Å². The Morgan fingerprint density at radius 3 is 2.37 bits per heavy atom. The van der Waals surface area contributed by atoms with E-state index in [0.717, 1.165) is 54.7 Å². The largest absolute Gasteiger partial charge is 0.497 e. The molecule has 0 heterocycles. The van der Waals surface area contributed by atoms with Crippen LogP contribution >= 0.6 is 12.6 Å². The number of carboxylic acids is 1. The standard InChI is InChI=1S/C37H47NO4S/c1-23-8-7-9-26-31(23)27(43)21-28-34(26,3)16-18-36(5)29-22-37(32(40)41,19-15-33(29,2)14-17-35(28,36)4)38-30(39)20-24-10-12-25(42-6)13-11-24/h8-13,21,29,43H,7,14-20,22H2,1-6H3,(H,38,39)(H,40,41)/t29-,33+,34+,35-,36+,37+/m1/s1. The number of hydrogen-bond donors (Lipinski definition) is 3. The average molecular weight is 602 g/mol. The lowest BCUT2D eigenvalue weighted by Crippen LogP contribution is -2.66. The van der Waals surface area contributed by atoms with E-state index in [1.54, 1.807) is 7.11 Å². The molecule has 0 unspecified atom stereocenters. The maximum Gasteiger partial charge on any atom is 0.329 e. The van der Waals surface area contributed by atoms with Crippen molar-refractivity contribution in [2.75, 3.05) is 7.11 Å². The maximum absolute atomic E-state index is 13.4. The first-order valence-electron chi connectivity index (χ1n) is 15.9. The van der Waals surface area contributed by atoms with E-state index < -0.39 is 11.5 Å². The van der Waals surface area contributed by atoms with Crippen molar-refractivity contribution in [1.82, 2.24) is 5.32 Å². The Labute approximate surface area is 262 Å². The Bertz CT molecular complexity index is 1500. The van der Waals surface area contributed by atoms with Gasteiger partial charge in [-0.2, -0.15) is 0 Å². The van der Waals surface area contributed by atoms with Crippen LogP contribution in [-0.4, -0.2) is 29.6 Å². The van der Waals surface area contributed by atoms with Gasteiger partial charge in [0.2, 0.25) is 5.91 Å². The molecule has 5 aliphatic carbocycles. The molecule has 6 rings (SSSR count). The molecule has 0 radical (unpaired) electrons. The molecule has 0 saturated heterocycles. The number of nitrogens with one attached hydrogen (secondary N) is 1. The zero-order valence-electron chi connectivity index (χ0n) is 26.6. The summed E-state index contributed by atoms with van der Waals surface area (Å²) in [5, 5.41) is 13.8. The van der Waals surface area contributed by atoms with Crippen LogP contribution in [-0.2, 0) is 16.0 Å². The van der Waals surface area contributed by atoms with Crippen LogP contribution in [0, 0.1) is 27.6 Å². The summed E-state index contributed by atoms with van der Waals surface area (Å²) in [7, 11) is 1.61. The molecular formula is C37H47NO4S. The van der Waals surface area contributed by atoms with Crippen LogP contribution in [0.25, 0.3) is 0 Å². The number of benzene rings is 1. The van der Waals surface area contributed by atoms with Gasteiger partial charge in [-0.1, -0.05) is 57.6 Å². The van der Waals surface area contributed by atoms with Crippen LogP contribution in [0.2, 0.25) is 0 Å². The van der Waals surface area contributed by atoms with E-state index in [2.05, 4.69) is 58.2 Å². The topological polar surface area (TPSA) is 75.6 Å². The van der Waals surface area contributed by atoms with Crippen LogP contribution in [0.5, 0.6) is 5.75 Å². The summed E-state index contributed by atoms with van der Waals surface area (Å²) in [6, 6.07) is 7.39. The Hall–Kier alpha value is -2.73. The monoisotopic (exact) mass is 601 g/mol. The van der Waals surface area contributed by atoms with Gasteiger partial charge in [0.05, 0.1) is 13.5 Å². The predicted octanol–water partition coefficient (Wildman–Crippen LogP) is 7.99. The van der Waals surface area contributed by atoms with Gasteiger partial charge in [0, 0.05) is 10.3 Å². The molecule has 5 aliphatic rings. The number of allylic oxidation sites excluding steroid dienone is 7. The maximum atomic E-state index is 13.4. The highest BCUT2D eigenvalue weighted by molar-refractivity contribution is 7.84. The number of methoxy groups -OCH3 is 1. The summed E-state index contributed by atoms with van der Waals surface area (Å²) in [6.07, 6.45) is 14.1. The quantitative estimate of drug-likeness (QED) is 0.299. The van der Waals surface area contributed by atoms with Gasteiger partial charge in [-0.3, -0.25) is 4.79 Å². The van der Waals surface area contributed by atoms with Crippen molar-refractivity contribution in [1.29, 1.82) is 0 Å². The number of carbonyl (C=O) groups is 2. The smallest absolute Gasteiger partial charge is 0.329 e. The first-order valence-corrected chi connectivity index (χ1v) is 16.4. The van der Waals surface area contributed by atoms with E-state index in [9.17, 15) is 14.7 Å². The van der Waals surface area contributed by atoms with Crippen molar-refractivity contribution in [3.63, 3.8) is 0 Å². The second-order valence-electron chi connectivity index (χ2n) is 15.0. The predicted molar refractivity (Wildman–Crippen MR) is 174 cm³/mol.